The summed E-state index contributed by atoms with van der Waals surface area (Å²) in [6.07, 6.45) is -0.658. The number of para-hydroxylation sites is 1. The molecule has 1 atom stereocenters. The molecule has 1 heterocycles. The molecule has 2 N–H and O–H groups in total. The minimum atomic E-state index is -0.658. The lowest BCUT2D eigenvalue weighted by atomic mass is 10.1. The number of rotatable bonds is 3. The molecule has 3 nitrogen and oxygen atoms in total. The standard InChI is InChI=1S/C17H14ClNO2S/c1-10(20)11-6-2-4-8-13(11)19-17(21)16-15(18)12-7-3-5-9-14(12)22-16/h2-10,20H,1H3,(H,19,21). The van der Waals surface area contributed by atoms with Crippen LogP contribution >= 0.6 is 22.9 Å². The maximum absolute atomic E-state index is 12.5. The van der Waals surface area contributed by atoms with Crippen molar-refractivity contribution >= 4 is 44.6 Å². The topological polar surface area (TPSA) is 49.3 Å². The zero-order chi connectivity index (χ0) is 15.7. The van der Waals surface area contributed by atoms with Gasteiger partial charge in [0.05, 0.1) is 11.1 Å². The number of anilines is 1. The van der Waals surface area contributed by atoms with Gasteiger partial charge in [0, 0.05) is 21.3 Å². The molecule has 0 saturated carbocycles. The number of aliphatic hydroxyl groups excluding tert-OH is 1. The van der Waals surface area contributed by atoms with E-state index >= 15 is 0 Å². The molecule has 112 valence electrons. The normalized spacial score (nSPS) is 12.3. The largest absolute Gasteiger partial charge is 0.389 e. The van der Waals surface area contributed by atoms with Crippen LogP contribution in [0.1, 0.15) is 28.3 Å². The first kappa shape index (κ1) is 15.0. The predicted octanol–water partition coefficient (Wildman–Crippen LogP) is 4.86. The number of halogens is 1. The van der Waals surface area contributed by atoms with Gasteiger partial charge in [0.25, 0.3) is 5.91 Å². The Morgan fingerprint density at radius 2 is 1.86 bits per heavy atom. The fourth-order valence-electron chi connectivity index (χ4n) is 2.31. The van der Waals surface area contributed by atoms with E-state index in [2.05, 4.69) is 5.32 Å². The van der Waals surface area contributed by atoms with Crippen LogP contribution in [0.4, 0.5) is 5.69 Å². The minimum absolute atomic E-state index is 0.265. The van der Waals surface area contributed by atoms with Crippen LogP contribution in [-0.4, -0.2) is 11.0 Å². The molecular weight excluding hydrogens is 318 g/mol. The lowest BCUT2D eigenvalue weighted by Gasteiger charge is -2.12. The zero-order valence-corrected chi connectivity index (χ0v) is 13.4. The first-order chi connectivity index (χ1) is 10.6. The van der Waals surface area contributed by atoms with Crippen molar-refractivity contribution in [3.05, 3.63) is 64.0 Å². The number of carbonyl (C=O) groups is 1. The number of hydrogen-bond acceptors (Lipinski definition) is 3. The number of aliphatic hydroxyl groups is 1. The average molecular weight is 332 g/mol. The number of hydrogen-bond donors (Lipinski definition) is 2. The Morgan fingerprint density at radius 3 is 2.59 bits per heavy atom. The Balaban J connectivity index is 1.96. The number of carbonyl (C=O) groups excluding carboxylic acids is 1. The highest BCUT2D eigenvalue weighted by Gasteiger charge is 2.18. The lowest BCUT2D eigenvalue weighted by Crippen LogP contribution is -2.13. The van der Waals surface area contributed by atoms with Gasteiger partial charge in [0.2, 0.25) is 0 Å². The second kappa shape index (κ2) is 6.08. The molecule has 0 saturated heterocycles. The van der Waals surface area contributed by atoms with Crippen LogP contribution < -0.4 is 5.32 Å². The molecule has 0 spiro atoms. The van der Waals surface area contributed by atoms with Crippen molar-refractivity contribution in [3.63, 3.8) is 0 Å². The van der Waals surface area contributed by atoms with Gasteiger partial charge in [-0.15, -0.1) is 11.3 Å². The minimum Gasteiger partial charge on any atom is -0.389 e. The van der Waals surface area contributed by atoms with Crippen LogP contribution in [-0.2, 0) is 0 Å². The van der Waals surface area contributed by atoms with E-state index in [0.29, 0.717) is 21.2 Å². The predicted molar refractivity (Wildman–Crippen MR) is 91.9 cm³/mol. The maximum Gasteiger partial charge on any atom is 0.267 e. The molecule has 0 aliphatic carbocycles. The van der Waals surface area contributed by atoms with E-state index in [1.165, 1.54) is 11.3 Å². The molecule has 1 unspecified atom stereocenters. The summed E-state index contributed by atoms with van der Waals surface area (Å²) in [5.41, 5.74) is 1.27. The van der Waals surface area contributed by atoms with Crippen molar-refractivity contribution in [1.29, 1.82) is 0 Å². The summed E-state index contributed by atoms with van der Waals surface area (Å²) in [4.78, 5) is 13.0. The van der Waals surface area contributed by atoms with Gasteiger partial charge in [-0.05, 0) is 19.1 Å². The molecule has 2 aromatic carbocycles. The average Bonchev–Trinajstić information content (AvgIpc) is 2.85. The fraction of sp³-hybridized carbons (Fsp3) is 0.118. The number of benzene rings is 2. The first-order valence-corrected chi connectivity index (χ1v) is 8.02. The highest BCUT2D eigenvalue weighted by atomic mass is 35.5. The number of nitrogens with one attached hydrogen (secondary N) is 1. The van der Waals surface area contributed by atoms with Gasteiger partial charge in [-0.1, -0.05) is 48.0 Å². The van der Waals surface area contributed by atoms with Crippen LogP contribution in [0.15, 0.2) is 48.5 Å². The maximum atomic E-state index is 12.5. The molecule has 3 aromatic rings. The van der Waals surface area contributed by atoms with Crippen molar-refractivity contribution in [2.45, 2.75) is 13.0 Å². The summed E-state index contributed by atoms with van der Waals surface area (Å²) in [7, 11) is 0. The Hall–Kier alpha value is -1.88. The molecule has 0 radical (unpaired) electrons. The van der Waals surface area contributed by atoms with Gasteiger partial charge >= 0.3 is 0 Å². The van der Waals surface area contributed by atoms with Gasteiger partial charge in [-0.2, -0.15) is 0 Å². The molecule has 0 aliphatic heterocycles. The third-order valence-electron chi connectivity index (χ3n) is 3.40. The summed E-state index contributed by atoms with van der Waals surface area (Å²) in [6.45, 7) is 1.66. The third kappa shape index (κ3) is 2.73. The molecule has 0 fully saturated rings. The summed E-state index contributed by atoms with van der Waals surface area (Å²) >= 11 is 7.68. The SMILES string of the molecule is CC(O)c1ccccc1NC(=O)c1sc2ccccc2c1Cl. The molecule has 0 bridgehead atoms. The van der Waals surface area contributed by atoms with E-state index in [4.69, 9.17) is 11.6 Å². The molecule has 0 aliphatic rings. The van der Waals surface area contributed by atoms with E-state index in [1.54, 1.807) is 19.1 Å². The van der Waals surface area contributed by atoms with Gasteiger partial charge in [0.1, 0.15) is 4.88 Å². The van der Waals surface area contributed by atoms with E-state index < -0.39 is 6.10 Å². The first-order valence-electron chi connectivity index (χ1n) is 6.83. The Labute approximate surface area is 137 Å². The van der Waals surface area contributed by atoms with E-state index in [0.717, 1.165) is 10.1 Å². The summed E-state index contributed by atoms with van der Waals surface area (Å²) in [5, 5.41) is 14.0. The number of amides is 1. The van der Waals surface area contributed by atoms with Gasteiger partial charge in [0.15, 0.2) is 0 Å². The zero-order valence-electron chi connectivity index (χ0n) is 11.8. The summed E-state index contributed by atoms with van der Waals surface area (Å²) in [5.74, 6) is -0.265. The van der Waals surface area contributed by atoms with Gasteiger partial charge in [-0.3, -0.25) is 4.79 Å². The number of thiophene rings is 1. The van der Waals surface area contributed by atoms with Crippen LogP contribution in [0.3, 0.4) is 0 Å². The molecule has 1 aromatic heterocycles. The van der Waals surface area contributed by atoms with Gasteiger partial charge < -0.3 is 10.4 Å². The van der Waals surface area contributed by atoms with Crippen LogP contribution in [0.2, 0.25) is 5.02 Å². The van der Waals surface area contributed by atoms with Crippen molar-refractivity contribution in [2.24, 2.45) is 0 Å². The second-order valence-corrected chi connectivity index (χ2v) is 6.39. The fourth-order valence-corrected chi connectivity index (χ4v) is 3.73. The second-order valence-electron chi connectivity index (χ2n) is 4.96. The van der Waals surface area contributed by atoms with Crippen LogP contribution in [0, 0.1) is 0 Å². The van der Waals surface area contributed by atoms with E-state index in [1.807, 2.05) is 36.4 Å². The monoisotopic (exact) mass is 331 g/mol. The molecule has 1 amide bonds. The third-order valence-corrected chi connectivity index (χ3v) is 5.07. The summed E-state index contributed by atoms with van der Waals surface area (Å²) < 4.78 is 0.974. The highest BCUT2D eigenvalue weighted by molar-refractivity contribution is 7.21. The van der Waals surface area contributed by atoms with Crippen molar-refractivity contribution < 1.29 is 9.90 Å². The summed E-state index contributed by atoms with van der Waals surface area (Å²) in [6, 6.07) is 14.8. The molecule has 5 heteroatoms. The smallest absolute Gasteiger partial charge is 0.267 e. The van der Waals surface area contributed by atoms with E-state index in [9.17, 15) is 9.90 Å². The Kier molecular flexibility index (Phi) is 4.16. The quantitative estimate of drug-likeness (QED) is 0.720. The van der Waals surface area contributed by atoms with Crippen LogP contribution in [0.5, 0.6) is 0 Å². The molecule has 3 rings (SSSR count). The highest BCUT2D eigenvalue weighted by Crippen LogP contribution is 2.35. The van der Waals surface area contributed by atoms with Crippen molar-refractivity contribution in [3.8, 4) is 0 Å². The van der Waals surface area contributed by atoms with E-state index in [-0.39, 0.29) is 5.91 Å². The van der Waals surface area contributed by atoms with Crippen molar-refractivity contribution in [2.75, 3.05) is 5.32 Å². The Morgan fingerprint density at radius 1 is 1.18 bits per heavy atom. The van der Waals surface area contributed by atoms with Crippen molar-refractivity contribution in [1.82, 2.24) is 0 Å². The molecule has 22 heavy (non-hydrogen) atoms. The Bertz CT molecular complexity index is 842. The van der Waals surface area contributed by atoms with Crippen LogP contribution in [0.25, 0.3) is 10.1 Å². The molecular formula is C17H14ClNO2S. The van der Waals surface area contributed by atoms with Gasteiger partial charge in [-0.25, -0.2) is 0 Å². The number of fused-ring (bicyclic) bond motifs is 1. The lowest BCUT2D eigenvalue weighted by molar-refractivity contribution is 0.103.